The van der Waals surface area contributed by atoms with Crippen LogP contribution in [0.15, 0.2) is 22.9 Å². The second-order valence-corrected chi connectivity index (χ2v) is 9.94. The molecule has 1 aliphatic carbocycles. The molecule has 5 rings (SSSR count). The second kappa shape index (κ2) is 7.20. The molecule has 0 aromatic heterocycles. The molecule has 150 valence electrons. The van der Waals surface area contributed by atoms with Crippen LogP contribution in [0.3, 0.4) is 0 Å². The number of piperidine rings is 2. The Kier molecular flexibility index (Phi) is 4.86. The van der Waals surface area contributed by atoms with Crippen LogP contribution in [-0.2, 0) is 0 Å². The zero-order valence-electron chi connectivity index (χ0n) is 17.0. The summed E-state index contributed by atoms with van der Waals surface area (Å²) in [5, 5.41) is 18.3. The first-order valence-electron chi connectivity index (χ1n) is 11.5. The molecule has 4 aliphatic heterocycles. The van der Waals surface area contributed by atoms with E-state index in [0.29, 0.717) is 17.8 Å². The molecule has 0 aromatic rings. The molecule has 4 heterocycles. The minimum Gasteiger partial charge on any atom is -0.393 e. The number of nitrogens with one attached hydrogen (secondary N) is 2. The summed E-state index contributed by atoms with van der Waals surface area (Å²) in [7, 11) is 0. The lowest BCUT2D eigenvalue weighted by molar-refractivity contribution is 0.0454. The zero-order chi connectivity index (χ0) is 18.4. The van der Waals surface area contributed by atoms with Crippen molar-refractivity contribution in [1.82, 2.24) is 15.5 Å². The van der Waals surface area contributed by atoms with Gasteiger partial charge in [0.1, 0.15) is 0 Å². The van der Waals surface area contributed by atoms with E-state index in [-0.39, 0.29) is 11.8 Å². The fourth-order valence-corrected chi connectivity index (χ4v) is 6.75. The Bertz CT molecular complexity index is 638. The van der Waals surface area contributed by atoms with Gasteiger partial charge in [0.15, 0.2) is 0 Å². The molecule has 2 bridgehead atoms. The van der Waals surface area contributed by atoms with Crippen LogP contribution in [-0.4, -0.2) is 48.0 Å². The zero-order valence-corrected chi connectivity index (χ0v) is 17.0. The lowest BCUT2D eigenvalue weighted by Crippen LogP contribution is -2.61. The minimum atomic E-state index is -0.0800. The van der Waals surface area contributed by atoms with E-state index in [1.54, 1.807) is 16.8 Å². The van der Waals surface area contributed by atoms with E-state index in [1.165, 1.54) is 51.4 Å². The van der Waals surface area contributed by atoms with Gasteiger partial charge in [0.2, 0.25) is 0 Å². The number of hydrogen-bond donors (Lipinski definition) is 3. The first kappa shape index (κ1) is 18.2. The molecule has 3 fully saturated rings. The van der Waals surface area contributed by atoms with Crippen LogP contribution in [0.2, 0.25) is 0 Å². The predicted molar refractivity (Wildman–Crippen MR) is 109 cm³/mol. The monoisotopic (exact) mass is 371 g/mol. The summed E-state index contributed by atoms with van der Waals surface area (Å²) >= 11 is 0. The summed E-state index contributed by atoms with van der Waals surface area (Å²) in [6.07, 6.45) is 13.6. The van der Waals surface area contributed by atoms with Crippen LogP contribution in [0.5, 0.6) is 0 Å². The van der Waals surface area contributed by atoms with Gasteiger partial charge in [-0.25, -0.2) is 0 Å². The maximum absolute atomic E-state index is 10.5. The van der Waals surface area contributed by atoms with Crippen LogP contribution in [0, 0.1) is 17.8 Å². The maximum atomic E-state index is 10.5. The average Bonchev–Trinajstić information content (AvgIpc) is 2.89. The second-order valence-electron chi connectivity index (χ2n) is 9.94. The highest BCUT2D eigenvalue weighted by Gasteiger charge is 2.51. The van der Waals surface area contributed by atoms with Gasteiger partial charge >= 0.3 is 0 Å². The van der Waals surface area contributed by atoms with Crippen LogP contribution < -0.4 is 10.6 Å². The number of aliphatic hydroxyl groups is 1. The van der Waals surface area contributed by atoms with Gasteiger partial charge in [-0.1, -0.05) is 25.8 Å². The van der Waals surface area contributed by atoms with Gasteiger partial charge in [-0.05, 0) is 74.5 Å². The first-order chi connectivity index (χ1) is 13.1. The standard InChI is InChI=1S/C23H37N3O/c1-16-12-18(15-26(13-16)14-17-6-2-3-9-21(17)27)22-19-7-5-11-24-23(19)10-4-8-20(22)25-23/h12,16-17,19,21,24-25,27H,2-11,13-15H2,1H3/t16-,17?,19?,21?,23?/m0/s1. The van der Waals surface area contributed by atoms with Crippen molar-refractivity contribution >= 4 is 0 Å². The molecule has 1 saturated carbocycles. The van der Waals surface area contributed by atoms with E-state index in [1.807, 2.05) is 0 Å². The van der Waals surface area contributed by atoms with Crippen molar-refractivity contribution in [2.75, 3.05) is 26.2 Å². The summed E-state index contributed by atoms with van der Waals surface area (Å²) in [6, 6.07) is 0. The van der Waals surface area contributed by atoms with Crippen LogP contribution in [0.25, 0.3) is 0 Å². The van der Waals surface area contributed by atoms with Crippen molar-refractivity contribution in [3.05, 3.63) is 22.9 Å². The van der Waals surface area contributed by atoms with Gasteiger partial charge in [-0.3, -0.25) is 10.2 Å². The van der Waals surface area contributed by atoms with Crippen molar-refractivity contribution < 1.29 is 5.11 Å². The molecule has 4 nitrogen and oxygen atoms in total. The SMILES string of the molecule is C[C@H]1C=C(C2=C3CCCC4(NCCCC24)N3)CN(CC2CCCCC2O)C1. The number of aliphatic hydroxyl groups excluding tert-OH is 1. The van der Waals surface area contributed by atoms with Crippen LogP contribution >= 0.6 is 0 Å². The Balaban J connectivity index is 1.36. The highest BCUT2D eigenvalue weighted by molar-refractivity contribution is 5.46. The Hall–Kier alpha value is -0.840. The Morgan fingerprint density at radius 2 is 2.07 bits per heavy atom. The Morgan fingerprint density at radius 1 is 1.19 bits per heavy atom. The van der Waals surface area contributed by atoms with E-state index in [4.69, 9.17) is 0 Å². The summed E-state index contributed by atoms with van der Waals surface area (Å²) in [5.74, 6) is 1.74. The summed E-state index contributed by atoms with van der Waals surface area (Å²) in [4.78, 5) is 2.65. The van der Waals surface area contributed by atoms with E-state index >= 15 is 0 Å². The van der Waals surface area contributed by atoms with E-state index in [9.17, 15) is 5.11 Å². The van der Waals surface area contributed by atoms with Gasteiger partial charge in [0, 0.05) is 31.2 Å². The number of allylic oxidation sites excluding steroid dienone is 1. The molecule has 4 heteroatoms. The first-order valence-corrected chi connectivity index (χ1v) is 11.5. The molecule has 0 radical (unpaired) electrons. The third kappa shape index (κ3) is 3.28. The normalized spacial score (nSPS) is 42.5. The molecule has 1 spiro atoms. The van der Waals surface area contributed by atoms with Gasteiger partial charge in [0.25, 0.3) is 0 Å². The molecule has 2 saturated heterocycles. The lowest BCUT2D eigenvalue weighted by atomic mass is 9.77. The van der Waals surface area contributed by atoms with Crippen LogP contribution in [0.1, 0.15) is 64.7 Å². The predicted octanol–water partition coefficient (Wildman–Crippen LogP) is 3.15. The smallest absolute Gasteiger partial charge is 0.0950 e. The van der Waals surface area contributed by atoms with E-state index in [0.717, 1.165) is 32.6 Å². The largest absolute Gasteiger partial charge is 0.393 e. The van der Waals surface area contributed by atoms with Crippen molar-refractivity contribution in [2.45, 2.75) is 76.5 Å². The summed E-state index contributed by atoms with van der Waals surface area (Å²) in [6.45, 7) is 6.84. The third-order valence-corrected chi connectivity index (χ3v) is 7.88. The van der Waals surface area contributed by atoms with Crippen molar-refractivity contribution in [3.63, 3.8) is 0 Å². The molecule has 0 aromatic carbocycles. The van der Waals surface area contributed by atoms with Gasteiger partial charge in [0.05, 0.1) is 11.8 Å². The Morgan fingerprint density at radius 3 is 2.96 bits per heavy atom. The van der Waals surface area contributed by atoms with E-state index in [2.05, 4.69) is 28.5 Å². The molecule has 5 aliphatic rings. The topological polar surface area (TPSA) is 47.5 Å². The number of nitrogens with zero attached hydrogens (tertiary/aromatic N) is 1. The number of rotatable bonds is 3. The summed E-state index contributed by atoms with van der Waals surface area (Å²) in [5.41, 5.74) is 4.96. The molecule has 5 atom stereocenters. The van der Waals surface area contributed by atoms with Crippen LogP contribution in [0.4, 0.5) is 0 Å². The Labute approximate surface area is 164 Å². The highest BCUT2D eigenvalue weighted by atomic mass is 16.3. The van der Waals surface area contributed by atoms with Crippen molar-refractivity contribution in [1.29, 1.82) is 0 Å². The molecule has 3 N–H and O–H groups in total. The molecule has 4 unspecified atom stereocenters. The lowest BCUT2D eigenvalue weighted by Gasteiger charge is -2.44. The molecule has 27 heavy (non-hydrogen) atoms. The minimum absolute atomic E-state index is 0.0800. The molecule has 0 amide bonds. The summed E-state index contributed by atoms with van der Waals surface area (Å²) < 4.78 is 0. The van der Waals surface area contributed by atoms with Gasteiger partial charge < -0.3 is 10.4 Å². The fourth-order valence-electron chi connectivity index (χ4n) is 6.75. The average molecular weight is 372 g/mol. The fraction of sp³-hybridized carbons (Fsp3) is 0.826. The van der Waals surface area contributed by atoms with Crippen molar-refractivity contribution in [3.8, 4) is 0 Å². The van der Waals surface area contributed by atoms with E-state index < -0.39 is 0 Å². The number of hydrogen-bond acceptors (Lipinski definition) is 4. The maximum Gasteiger partial charge on any atom is 0.0950 e. The third-order valence-electron chi connectivity index (χ3n) is 7.88. The number of fused-ring (bicyclic) bond motifs is 1. The molecular weight excluding hydrogens is 334 g/mol. The van der Waals surface area contributed by atoms with Crippen molar-refractivity contribution in [2.24, 2.45) is 17.8 Å². The molecular formula is C23H37N3O. The highest BCUT2D eigenvalue weighted by Crippen LogP contribution is 2.48. The quantitative estimate of drug-likeness (QED) is 0.713. The van der Waals surface area contributed by atoms with Gasteiger partial charge in [-0.2, -0.15) is 0 Å². The van der Waals surface area contributed by atoms with Gasteiger partial charge in [-0.15, -0.1) is 0 Å².